The molecule has 0 spiro atoms. The van der Waals surface area contributed by atoms with Gasteiger partial charge in [-0.1, -0.05) is 6.07 Å². The Morgan fingerprint density at radius 1 is 1.33 bits per heavy atom. The van der Waals surface area contributed by atoms with E-state index in [2.05, 4.69) is 0 Å². The van der Waals surface area contributed by atoms with Crippen molar-refractivity contribution >= 4 is 12.4 Å². The number of nitrogens with zero attached hydrogens (tertiary/aromatic N) is 1. The largest absolute Gasteiger partial charge is 0.479 e. The second-order valence-electron chi connectivity index (χ2n) is 4.62. The number of carboxylic acids is 1. The number of hydrogen-bond donors (Lipinski definition) is 1. The van der Waals surface area contributed by atoms with Gasteiger partial charge in [-0.05, 0) is 31.5 Å². The minimum atomic E-state index is -4.93. The molecular weight excluding hydrogens is 294 g/mol. The lowest BCUT2D eigenvalue weighted by atomic mass is 9.97. The lowest BCUT2D eigenvalue weighted by molar-refractivity contribution is -0.150. The summed E-state index contributed by atoms with van der Waals surface area (Å²) in [6.45, 7) is 2.92. The summed E-state index contributed by atoms with van der Waals surface area (Å²) in [4.78, 5) is 23.0. The van der Waals surface area contributed by atoms with Crippen molar-refractivity contribution in [1.29, 1.82) is 0 Å². The van der Waals surface area contributed by atoms with Crippen LogP contribution in [-0.2, 0) is 15.8 Å². The van der Waals surface area contributed by atoms with Gasteiger partial charge in [0, 0.05) is 6.04 Å². The van der Waals surface area contributed by atoms with Crippen LogP contribution in [0.4, 0.5) is 17.6 Å². The fraction of sp³-hybridized carbons (Fsp3) is 0.385. The van der Waals surface area contributed by atoms with E-state index in [9.17, 15) is 32.3 Å². The number of halogens is 4. The molecule has 1 amide bonds. The average molecular weight is 307 g/mol. The number of amides is 1. The summed E-state index contributed by atoms with van der Waals surface area (Å²) < 4.78 is 51.9. The Morgan fingerprint density at radius 3 is 2.29 bits per heavy atom. The zero-order valence-electron chi connectivity index (χ0n) is 11.2. The maximum Gasteiger partial charge on any atom is 0.416 e. The minimum absolute atomic E-state index is 0.160. The van der Waals surface area contributed by atoms with Crippen LogP contribution in [-0.4, -0.2) is 28.4 Å². The standard InChI is InChI=1S/C13H13F4NO3/c1-7(2)18(6-19)11(12(20)21)9-4-3-8(14)5-10(9)13(15,16)17/h3-7,11H,1-2H3,(H,20,21). The molecule has 1 aromatic carbocycles. The molecule has 116 valence electrons. The summed E-state index contributed by atoms with van der Waals surface area (Å²) >= 11 is 0. The van der Waals surface area contributed by atoms with Gasteiger partial charge in [0.1, 0.15) is 5.82 Å². The normalized spacial score (nSPS) is 13.1. The van der Waals surface area contributed by atoms with Crippen LogP contribution in [0.3, 0.4) is 0 Å². The lowest BCUT2D eigenvalue weighted by Crippen LogP contribution is -2.39. The van der Waals surface area contributed by atoms with Crippen LogP contribution in [0.15, 0.2) is 18.2 Å². The van der Waals surface area contributed by atoms with Crippen molar-refractivity contribution in [3.8, 4) is 0 Å². The molecule has 0 aliphatic rings. The molecule has 0 saturated heterocycles. The van der Waals surface area contributed by atoms with Crippen LogP contribution >= 0.6 is 0 Å². The van der Waals surface area contributed by atoms with Gasteiger partial charge >= 0.3 is 12.1 Å². The van der Waals surface area contributed by atoms with E-state index < -0.39 is 41.2 Å². The zero-order chi connectivity index (χ0) is 16.4. The maximum absolute atomic E-state index is 13.1. The number of hydrogen-bond acceptors (Lipinski definition) is 2. The van der Waals surface area contributed by atoms with Gasteiger partial charge in [-0.15, -0.1) is 0 Å². The van der Waals surface area contributed by atoms with E-state index in [1.54, 1.807) is 0 Å². The number of carboxylic acid groups (broad SMARTS) is 1. The Labute approximate surface area is 118 Å². The van der Waals surface area contributed by atoms with Gasteiger partial charge in [0.25, 0.3) is 0 Å². The van der Waals surface area contributed by atoms with Crippen molar-refractivity contribution in [2.45, 2.75) is 32.1 Å². The van der Waals surface area contributed by atoms with Gasteiger partial charge in [-0.2, -0.15) is 13.2 Å². The Kier molecular flexibility index (Phi) is 4.93. The fourth-order valence-corrected chi connectivity index (χ4v) is 1.91. The number of carbonyl (C=O) groups is 2. The Hall–Kier alpha value is -2.12. The van der Waals surface area contributed by atoms with Crippen LogP contribution in [0.25, 0.3) is 0 Å². The van der Waals surface area contributed by atoms with Crippen molar-refractivity contribution < 1.29 is 32.3 Å². The molecule has 1 unspecified atom stereocenters. The third-order valence-electron chi connectivity index (χ3n) is 2.87. The van der Waals surface area contributed by atoms with Gasteiger partial charge in [0.2, 0.25) is 6.41 Å². The summed E-state index contributed by atoms with van der Waals surface area (Å²) in [7, 11) is 0. The molecule has 0 aliphatic carbocycles. The van der Waals surface area contributed by atoms with Gasteiger partial charge in [0.05, 0.1) is 5.56 Å². The maximum atomic E-state index is 13.1. The summed E-state index contributed by atoms with van der Waals surface area (Å²) in [5.41, 5.74) is -2.10. The fourth-order valence-electron chi connectivity index (χ4n) is 1.91. The van der Waals surface area contributed by atoms with E-state index in [4.69, 9.17) is 0 Å². The van der Waals surface area contributed by atoms with E-state index in [-0.39, 0.29) is 12.5 Å². The highest BCUT2D eigenvalue weighted by atomic mass is 19.4. The highest BCUT2D eigenvalue weighted by Gasteiger charge is 2.39. The van der Waals surface area contributed by atoms with Crippen LogP contribution in [0.5, 0.6) is 0 Å². The molecule has 0 radical (unpaired) electrons. The number of benzene rings is 1. The third-order valence-corrected chi connectivity index (χ3v) is 2.87. The Balaban J connectivity index is 3.53. The number of rotatable bonds is 5. The average Bonchev–Trinajstić information content (AvgIpc) is 2.34. The van der Waals surface area contributed by atoms with Crippen molar-refractivity contribution in [3.05, 3.63) is 35.1 Å². The zero-order valence-corrected chi connectivity index (χ0v) is 11.2. The Bertz CT molecular complexity index is 543. The van der Waals surface area contributed by atoms with Crippen molar-refractivity contribution in [1.82, 2.24) is 4.90 Å². The van der Waals surface area contributed by atoms with Crippen molar-refractivity contribution in [3.63, 3.8) is 0 Å². The molecule has 0 heterocycles. The molecule has 1 rings (SSSR count). The van der Waals surface area contributed by atoms with E-state index in [1.807, 2.05) is 0 Å². The van der Waals surface area contributed by atoms with Crippen LogP contribution in [0.1, 0.15) is 31.0 Å². The predicted octanol–water partition coefficient (Wildman–Crippen LogP) is 2.84. The van der Waals surface area contributed by atoms with E-state index in [1.165, 1.54) is 13.8 Å². The quantitative estimate of drug-likeness (QED) is 0.672. The van der Waals surface area contributed by atoms with Crippen LogP contribution in [0.2, 0.25) is 0 Å². The number of carbonyl (C=O) groups excluding carboxylic acids is 1. The van der Waals surface area contributed by atoms with Gasteiger partial charge in [-0.25, -0.2) is 9.18 Å². The van der Waals surface area contributed by atoms with Gasteiger partial charge in [0.15, 0.2) is 6.04 Å². The molecule has 4 nitrogen and oxygen atoms in total. The third kappa shape index (κ3) is 3.71. The highest BCUT2D eigenvalue weighted by molar-refractivity contribution is 5.79. The molecule has 0 fully saturated rings. The van der Waals surface area contributed by atoms with Gasteiger partial charge in [-0.3, -0.25) is 4.79 Å². The molecule has 0 bridgehead atoms. The first-order chi connectivity index (χ1) is 9.59. The first-order valence-electron chi connectivity index (χ1n) is 5.91. The molecule has 21 heavy (non-hydrogen) atoms. The molecule has 1 atom stereocenters. The first-order valence-corrected chi connectivity index (χ1v) is 5.91. The van der Waals surface area contributed by atoms with Crippen LogP contribution < -0.4 is 0 Å². The molecular formula is C13H13F4NO3. The van der Waals surface area contributed by atoms with Crippen molar-refractivity contribution in [2.24, 2.45) is 0 Å². The first kappa shape index (κ1) is 16.9. The summed E-state index contributed by atoms with van der Waals surface area (Å²) in [5, 5.41) is 9.17. The topological polar surface area (TPSA) is 57.6 Å². The summed E-state index contributed by atoms with van der Waals surface area (Å²) in [5.74, 6) is -2.77. The smallest absolute Gasteiger partial charge is 0.416 e. The number of aliphatic carboxylic acids is 1. The minimum Gasteiger partial charge on any atom is -0.479 e. The van der Waals surface area contributed by atoms with E-state index in [0.717, 1.165) is 17.0 Å². The summed E-state index contributed by atoms with van der Waals surface area (Å²) in [6.07, 6.45) is -4.77. The second kappa shape index (κ2) is 6.11. The molecule has 1 aromatic rings. The lowest BCUT2D eigenvalue weighted by Gasteiger charge is -2.30. The SMILES string of the molecule is CC(C)N(C=O)C(C(=O)O)c1ccc(F)cc1C(F)(F)F. The molecule has 0 saturated carbocycles. The van der Waals surface area contributed by atoms with Crippen molar-refractivity contribution in [2.75, 3.05) is 0 Å². The molecule has 0 aliphatic heterocycles. The van der Waals surface area contributed by atoms with E-state index in [0.29, 0.717) is 0 Å². The second-order valence-corrected chi connectivity index (χ2v) is 4.62. The highest BCUT2D eigenvalue weighted by Crippen LogP contribution is 2.37. The molecule has 8 heteroatoms. The monoisotopic (exact) mass is 307 g/mol. The molecule has 0 aromatic heterocycles. The van der Waals surface area contributed by atoms with Crippen LogP contribution in [0, 0.1) is 5.82 Å². The Morgan fingerprint density at radius 2 is 1.90 bits per heavy atom. The predicted molar refractivity (Wildman–Crippen MR) is 64.8 cm³/mol. The number of alkyl halides is 3. The van der Waals surface area contributed by atoms with E-state index >= 15 is 0 Å². The molecule has 1 N–H and O–H groups in total. The van der Waals surface area contributed by atoms with Gasteiger partial charge < -0.3 is 10.0 Å². The summed E-state index contributed by atoms with van der Waals surface area (Å²) in [6, 6.07) is -0.816.